The largest absolute Gasteiger partial charge is 0.497 e. The van der Waals surface area contributed by atoms with Crippen LogP contribution in [0.4, 0.5) is 0 Å². The molecule has 0 aliphatic carbocycles. The quantitative estimate of drug-likeness (QED) is 0.796. The summed E-state index contributed by atoms with van der Waals surface area (Å²) in [6.07, 6.45) is 1.37. The number of benzene rings is 1. The minimum Gasteiger partial charge on any atom is -0.497 e. The molecule has 1 rings (SSSR count). The SMILES string of the molecule is CCC(C)NC(CC)(C(=O)O)c1ccc(OC)cc1. The highest BCUT2D eigenvalue weighted by atomic mass is 16.5. The molecule has 2 atom stereocenters. The lowest BCUT2D eigenvalue weighted by Crippen LogP contribution is -2.52. The molecule has 4 nitrogen and oxygen atoms in total. The number of carboxylic acids is 1. The summed E-state index contributed by atoms with van der Waals surface area (Å²) in [6, 6.07) is 7.35. The van der Waals surface area contributed by atoms with E-state index in [0.717, 1.165) is 17.7 Å². The maximum Gasteiger partial charge on any atom is 0.328 e. The molecule has 0 fully saturated rings. The summed E-state index contributed by atoms with van der Waals surface area (Å²) in [7, 11) is 1.59. The van der Waals surface area contributed by atoms with Crippen molar-refractivity contribution in [3.05, 3.63) is 29.8 Å². The number of ether oxygens (including phenoxy) is 1. The first-order valence-corrected chi connectivity index (χ1v) is 6.65. The first kappa shape index (κ1) is 15.5. The Hall–Kier alpha value is -1.55. The summed E-state index contributed by atoms with van der Waals surface area (Å²) in [6.45, 7) is 5.92. The second-order valence-electron chi connectivity index (χ2n) is 4.75. The molecule has 0 bridgehead atoms. The van der Waals surface area contributed by atoms with Crippen LogP contribution in [0.3, 0.4) is 0 Å². The van der Waals surface area contributed by atoms with Crippen LogP contribution in [0.2, 0.25) is 0 Å². The van der Waals surface area contributed by atoms with Gasteiger partial charge in [-0.15, -0.1) is 0 Å². The van der Waals surface area contributed by atoms with E-state index in [-0.39, 0.29) is 6.04 Å². The molecule has 1 aromatic carbocycles. The number of rotatable bonds is 7. The molecule has 0 aromatic heterocycles. The van der Waals surface area contributed by atoms with E-state index in [2.05, 4.69) is 5.32 Å². The highest BCUT2D eigenvalue weighted by Gasteiger charge is 2.39. The zero-order valence-corrected chi connectivity index (χ0v) is 12.1. The van der Waals surface area contributed by atoms with Crippen LogP contribution in [-0.2, 0) is 10.3 Å². The van der Waals surface area contributed by atoms with E-state index < -0.39 is 11.5 Å². The molecule has 0 spiro atoms. The van der Waals surface area contributed by atoms with E-state index in [0.29, 0.717) is 6.42 Å². The fourth-order valence-corrected chi connectivity index (χ4v) is 2.12. The molecular formula is C15H23NO3. The molecule has 0 saturated heterocycles. The molecule has 2 N–H and O–H groups in total. The first-order chi connectivity index (χ1) is 9.00. The Kier molecular flexibility index (Phi) is 5.36. The van der Waals surface area contributed by atoms with Gasteiger partial charge in [-0.05, 0) is 37.5 Å². The van der Waals surface area contributed by atoms with E-state index in [1.54, 1.807) is 19.2 Å². The monoisotopic (exact) mass is 265 g/mol. The maximum absolute atomic E-state index is 11.8. The van der Waals surface area contributed by atoms with Gasteiger partial charge in [-0.3, -0.25) is 5.32 Å². The van der Waals surface area contributed by atoms with Gasteiger partial charge in [-0.2, -0.15) is 0 Å². The van der Waals surface area contributed by atoms with Gasteiger partial charge in [0.1, 0.15) is 11.3 Å². The Morgan fingerprint density at radius 3 is 2.32 bits per heavy atom. The fraction of sp³-hybridized carbons (Fsp3) is 0.533. The van der Waals surface area contributed by atoms with Gasteiger partial charge < -0.3 is 9.84 Å². The van der Waals surface area contributed by atoms with E-state index in [1.165, 1.54) is 0 Å². The molecule has 19 heavy (non-hydrogen) atoms. The smallest absolute Gasteiger partial charge is 0.328 e. The minimum absolute atomic E-state index is 0.137. The van der Waals surface area contributed by atoms with Crippen molar-refractivity contribution in [1.82, 2.24) is 5.32 Å². The first-order valence-electron chi connectivity index (χ1n) is 6.65. The lowest BCUT2D eigenvalue weighted by molar-refractivity contribution is -0.146. The van der Waals surface area contributed by atoms with E-state index in [1.807, 2.05) is 32.9 Å². The summed E-state index contributed by atoms with van der Waals surface area (Å²) in [5, 5.41) is 12.9. The topological polar surface area (TPSA) is 58.6 Å². The molecule has 0 radical (unpaired) electrons. The van der Waals surface area contributed by atoms with Gasteiger partial charge in [-0.25, -0.2) is 4.79 Å². The summed E-state index contributed by atoms with van der Waals surface area (Å²) in [5.41, 5.74) is -0.287. The zero-order valence-electron chi connectivity index (χ0n) is 12.1. The van der Waals surface area contributed by atoms with E-state index in [9.17, 15) is 9.90 Å². The second-order valence-corrected chi connectivity index (χ2v) is 4.75. The van der Waals surface area contributed by atoms with Crippen LogP contribution in [0, 0.1) is 0 Å². The van der Waals surface area contributed by atoms with Crippen molar-refractivity contribution < 1.29 is 14.6 Å². The molecule has 4 heteroatoms. The van der Waals surface area contributed by atoms with Gasteiger partial charge in [0.2, 0.25) is 0 Å². The number of methoxy groups -OCH3 is 1. The lowest BCUT2D eigenvalue weighted by Gasteiger charge is -2.33. The Labute approximate surface area is 114 Å². The van der Waals surface area contributed by atoms with Crippen molar-refractivity contribution >= 4 is 5.97 Å². The third-order valence-electron chi connectivity index (χ3n) is 3.58. The maximum atomic E-state index is 11.8. The summed E-state index contributed by atoms with van der Waals surface area (Å²) < 4.78 is 5.11. The lowest BCUT2D eigenvalue weighted by atomic mass is 9.86. The molecule has 0 saturated carbocycles. The Bertz CT molecular complexity index is 416. The van der Waals surface area contributed by atoms with Crippen LogP contribution >= 0.6 is 0 Å². The molecule has 0 amide bonds. The van der Waals surface area contributed by atoms with E-state index in [4.69, 9.17) is 4.74 Å². The average Bonchev–Trinajstić information content (AvgIpc) is 2.44. The van der Waals surface area contributed by atoms with Gasteiger partial charge in [0, 0.05) is 6.04 Å². The third-order valence-corrected chi connectivity index (χ3v) is 3.58. The van der Waals surface area contributed by atoms with Crippen LogP contribution < -0.4 is 10.1 Å². The standard InChI is InChI=1S/C15H23NO3/c1-5-11(3)16-15(6-2,14(17)18)12-7-9-13(19-4)10-8-12/h7-11,16H,5-6H2,1-4H3,(H,17,18). The zero-order chi connectivity index (χ0) is 14.5. The summed E-state index contributed by atoms with van der Waals surface area (Å²) in [5.74, 6) is -0.122. The Morgan fingerprint density at radius 2 is 1.95 bits per heavy atom. The summed E-state index contributed by atoms with van der Waals surface area (Å²) in [4.78, 5) is 11.8. The fourth-order valence-electron chi connectivity index (χ4n) is 2.12. The van der Waals surface area contributed by atoms with Crippen LogP contribution in [-0.4, -0.2) is 24.2 Å². The van der Waals surface area contributed by atoms with Gasteiger partial charge >= 0.3 is 5.97 Å². The highest BCUT2D eigenvalue weighted by Crippen LogP contribution is 2.28. The number of nitrogens with one attached hydrogen (secondary N) is 1. The highest BCUT2D eigenvalue weighted by molar-refractivity contribution is 5.80. The van der Waals surface area contributed by atoms with Gasteiger partial charge in [-0.1, -0.05) is 26.0 Å². The average molecular weight is 265 g/mol. The van der Waals surface area contributed by atoms with Crippen molar-refractivity contribution in [3.8, 4) is 5.75 Å². The Morgan fingerprint density at radius 1 is 1.37 bits per heavy atom. The van der Waals surface area contributed by atoms with Crippen LogP contribution in [0.5, 0.6) is 5.75 Å². The normalized spacial score (nSPS) is 15.6. The van der Waals surface area contributed by atoms with Crippen molar-refractivity contribution in [1.29, 1.82) is 0 Å². The number of carboxylic acid groups (broad SMARTS) is 1. The van der Waals surface area contributed by atoms with Crippen molar-refractivity contribution in [3.63, 3.8) is 0 Å². The second kappa shape index (κ2) is 6.57. The molecule has 2 unspecified atom stereocenters. The number of carbonyl (C=O) groups is 1. The van der Waals surface area contributed by atoms with E-state index >= 15 is 0 Å². The number of aliphatic carboxylic acids is 1. The van der Waals surface area contributed by atoms with Crippen molar-refractivity contribution in [2.45, 2.75) is 45.2 Å². The predicted molar refractivity (Wildman–Crippen MR) is 75.5 cm³/mol. The molecule has 0 heterocycles. The molecular weight excluding hydrogens is 242 g/mol. The van der Waals surface area contributed by atoms with Crippen LogP contribution in [0.1, 0.15) is 39.2 Å². The number of hydrogen-bond acceptors (Lipinski definition) is 3. The molecule has 1 aromatic rings. The number of hydrogen-bond donors (Lipinski definition) is 2. The van der Waals surface area contributed by atoms with Crippen molar-refractivity contribution in [2.75, 3.05) is 7.11 Å². The molecule has 0 aliphatic rings. The van der Waals surface area contributed by atoms with Crippen molar-refractivity contribution in [2.24, 2.45) is 0 Å². The van der Waals surface area contributed by atoms with Crippen LogP contribution in [0.25, 0.3) is 0 Å². The Balaban J connectivity index is 3.17. The predicted octanol–water partition coefficient (Wildman–Crippen LogP) is 2.77. The third kappa shape index (κ3) is 3.26. The van der Waals surface area contributed by atoms with Gasteiger partial charge in [0.15, 0.2) is 0 Å². The molecule has 106 valence electrons. The minimum atomic E-state index is -1.04. The van der Waals surface area contributed by atoms with Gasteiger partial charge in [0.25, 0.3) is 0 Å². The van der Waals surface area contributed by atoms with Gasteiger partial charge in [0.05, 0.1) is 7.11 Å². The van der Waals surface area contributed by atoms with Crippen LogP contribution in [0.15, 0.2) is 24.3 Å². The molecule has 0 aliphatic heterocycles. The summed E-state index contributed by atoms with van der Waals surface area (Å²) >= 11 is 0.